The molecule has 9 aromatic rings. The third kappa shape index (κ3) is 4.25. The normalized spacial score (nSPS) is 13.7. The summed E-state index contributed by atoms with van der Waals surface area (Å²) in [7, 11) is 0. The summed E-state index contributed by atoms with van der Waals surface area (Å²) in [6, 6.07) is 55.1. The molecule has 0 saturated carbocycles. The molecule has 4 heterocycles. The molecule has 2 aliphatic rings. The van der Waals surface area contributed by atoms with E-state index in [9.17, 15) is 0 Å². The maximum atomic E-state index is 2.58. The molecule has 0 atom stereocenters. The Bertz CT molecular complexity index is 3000. The van der Waals surface area contributed by atoms with Crippen molar-refractivity contribution in [2.24, 2.45) is 0 Å². The van der Waals surface area contributed by atoms with E-state index < -0.39 is 0 Å². The smallest absolute Gasteiger partial charge is 0.252 e. The number of hydrogen-bond donors (Lipinski definition) is 0. The van der Waals surface area contributed by atoms with Crippen LogP contribution >= 0.6 is 0 Å². The Balaban J connectivity index is 1.25. The number of anilines is 3. The molecule has 4 heteroatoms. The number of benzene rings is 7. The van der Waals surface area contributed by atoms with Crippen LogP contribution in [0.1, 0.15) is 52.7 Å². The zero-order valence-electron chi connectivity index (χ0n) is 31.8. The van der Waals surface area contributed by atoms with Crippen molar-refractivity contribution in [3.05, 3.63) is 157 Å². The highest BCUT2D eigenvalue weighted by atomic mass is 15.2. The molecule has 0 radical (unpaired) electrons. The molecule has 2 aliphatic heterocycles. The van der Waals surface area contributed by atoms with Crippen LogP contribution in [0.15, 0.2) is 146 Å². The van der Waals surface area contributed by atoms with Crippen LogP contribution in [0.3, 0.4) is 0 Å². The molecule has 0 amide bonds. The van der Waals surface area contributed by atoms with Gasteiger partial charge in [0.25, 0.3) is 6.71 Å². The van der Waals surface area contributed by atoms with Crippen molar-refractivity contribution in [3.8, 4) is 11.4 Å². The molecule has 0 bridgehead atoms. The molecular formula is C50H42BN3. The predicted octanol–water partition coefficient (Wildman–Crippen LogP) is 11.1. The molecule has 0 unspecified atom stereocenters. The number of para-hydroxylation sites is 3. The molecule has 54 heavy (non-hydrogen) atoms. The molecule has 2 aromatic heterocycles. The first kappa shape index (κ1) is 31.5. The maximum Gasteiger partial charge on any atom is 0.252 e. The standard InChI is InChI=1S/C50H42BN3/c1-49(2,3)31-22-25-34(26-23-31)53-42-27-24-32(50(4,5)6)28-40(42)51-39-18-12-17-36-38-29-37-35-16-10-11-19-41(35)52(33-14-8-7-9-15-33)45(37)30-46(38)54(48(36)39)44-21-13-20-43(53)47(44)51/h7-30H,1-6H3. The van der Waals surface area contributed by atoms with Gasteiger partial charge in [0.05, 0.1) is 16.6 Å². The second kappa shape index (κ2) is 10.8. The van der Waals surface area contributed by atoms with E-state index in [2.05, 4.69) is 201 Å². The fraction of sp³-hybridized carbons (Fsp3) is 0.160. The Kier molecular flexibility index (Phi) is 6.30. The lowest BCUT2D eigenvalue weighted by atomic mass is 9.33. The van der Waals surface area contributed by atoms with Gasteiger partial charge in [0.1, 0.15) is 0 Å². The second-order valence-corrected chi connectivity index (χ2v) is 17.5. The Morgan fingerprint density at radius 2 is 1.06 bits per heavy atom. The fourth-order valence-electron chi connectivity index (χ4n) is 9.57. The van der Waals surface area contributed by atoms with Crippen molar-refractivity contribution in [2.45, 2.75) is 52.4 Å². The molecule has 7 aromatic carbocycles. The van der Waals surface area contributed by atoms with E-state index in [0.29, 0.717) is 0 Å². The van der Waals surface area contributed by atoms with Gasteiger partial charge >= 0.3 is 0 Å². The first-order chi connectivity index (χ1) is 26.1. The van der Waals surface area contributed by atoms with Gasteiger partial charge in [0.2, 0.25) is 0 Å². The summed E-state index contributed by atoms with van der Waals surface area (Å²) in [5, 5.41) is 5.17. The van der Waals surface area contributed by atoms with Crippen LogP contribution < -0.4 is 21.3 Å². The molecule has 3 nitrogen and oxygen atoms in total. The number of fused-ring (bicyclic) bond motifs is 10. The Morgan fingerprint density at radius 1 is 0.407 bits per heavy atom. The first-order valence-corrected chi connectivity index (χ1v) is 19.3. The van der Waals surface area contributed by atoms with Gasteiger partial charge in [-0.1, -0.05) is 126 Å². The van der Waals surface area contributed by atoms with Gasteiger partial charge in [-0.3, -0.25) is 0 Å². The fourth-order valence-corrected chi connectivity index (χ4v) is 9.57. The zero-order chi connectivity index (χ0) is 36.7. The number of aromatic nitrogens is 2. The SMILES string of the molecule is CC(C)(C)c1ccc(N2c3ccc(C(C)(C)C)cc3B3c4c2cccc4-n2c4cc5c(cc4c4cccc3c42)c2ccccc2n5-c2ccccc2)cc1. The summed E-state index contributed by atoms with van der Waals surface area (Å²) in [4.78, 5) is 2.52. The largest absolute Gasteiger partial charge is 0.311 e. The van der Waals surface area contributed by atoms with Crippen LogP contribution in [0.5, 0.6) is 0 Å². The lowest BCUT2D eigenvalue weighted by Crippen LogP contribution is -2.60. The van der Waals surface area contributed by atoms with Gasteiger partial charge in [0.15, 0.2) is 0 Å². The summed E-state index contributed by atoms with van der Waals surface area (Å²) >= 11 is 0. The Morgan fingerprint density at radius 3 is 1.83 bits per heavy atom. The number of rotatable bonds is 2. The minimum atomic E-state index is 0.0189. The molecule has 0 saturated heterocycles. The minimum Gasteiger partial charge on any atom is -0.311 e. The summed E-state index contributed by atoms with van der Waals surface area (Å²) < 4.78 is 5.02. The second-order valence-electron chi connectivity index (χ2n) is 17.5. The average molecular weight is 696 g/mol. The van der Waals surface area contributed by atoms with Gasteiger partial charge in [0, 0.05) is 55.5 Å². The van der Waals surface area contributed by atoms with Crippen LogP contribution in [-0.4, -0.2) is 15.8 Å². The van der Waals surface area contributed by atoms with Crippen molar-refractivity contribution in [2.75, 3.05) is 4.90 Å². The van der Waals surface area contributed by atoms with Crippen LogP contribution in [-0.2, 0) is 10.8 Å². The third-order valence-electron chi connectivity index (χ3n) is 12.2. The van der Waals surface area contributed by atoms with E-state index in [1.165, 1.54) is 99.6 Å². The molecular weight excluding hydrogens is 653 g/mol. The molecule has 260 valence electrons. The minimum absolute atomic E-state index is 0.0189. The zero-order valence-corrected chi connectivity index (χ0v) is 31.8. The van der Waals surface area contributed by atoms with E-state index >= 15 is 0 Å². The van der Waals surface area contributed by atoms with Crippen molar-refractivity contribution in [1.29, 1.82) is 0 Å². The summed E-state index contributed by atoms with van der Waals surface area (Å²) in [6.45, 7) is 14.0. The van der Waals surface area contributed by atoms with Crippen molar-refractivity contribution >= 4 is 83.8 Å². The van der Waals surface area contributed by atoms with Gasteiger partial charge in [-0.25, -0.2) is 0 Å². The van der Waals surface area contributed by atoms with Crippen LogP contribution in [0.4, 0.5) is 17.1 Å². The highest BCUT2D eigenvalue weighted by molar-refractivity contribution is 7.00. The summed E-state index contributed by atoms with van der Waals surface area (Å²) in [5.74, 6) is 0. The van der Waals surface area contributed by atoms with Crippen LogP contribution in [0.2, 0.25) is 0 Å². The predicted molar refractivity (Wildman–Crippen MR) is 232 cm³/mol. The Labute approximate surface area is 317 Å². The average Bonchev–Trinajstić information content (AvgIpc) is 3.67. The highest BCUT2D eigenvalue weighted by Gasteiger charge is 2.42. The number of hydrogen-bond acceptors (Lipinski definition) is 1. The van der Waals surface area contributed by atoms with Crippen molar-refractivity contribution < 1.29 is 0 Å². The van der Waals surface area contributed by atoms with E-state index in [1.54, 1.807) is 0 Å². The first-order valence-electron chi connectivity index (χ1n) is 19.3. The van der Waals surface area contributed by atoms with Gasteiger partial charge in [-0.05, 0) is 99.0 Å². The van der Waals surface area contributed by atoms with Gasteiger partial charge < -0.3 is 14.0 Å². The molecule has 0 N–H and O–H groups in total. The highest BCUT2D eigenvalue weighted by Crippen LogP contribution is 2.44. The van der Waals surface area contributed by atoms with Crippen molar-refractivity contribution in [3.63, 3.8) is 0 Å². The van der Waals surface area contributed by atoms with E-state index in [1.807, 2.05) is 0 Å². The van der Waals surface area contributed by atoms with Gasteiger partial charge in [-0.2, -0.15) is 0 Å². The monoisotopic (exact) mass is 695 g/mol. The molecule has 11 rings (SSSR count). The summed E-state index contributed by atoms with van der Waals surface area (Å²) in [5.41, 5.74) is 18.1. The maximum absolute atomic E-state index is 2.58. The summed E-state index contributed by atoms with van der Waals surface area (Å²) in [6.07, 6.45) is 0. The molecule has 0 aliphatic carbocycles. The van der Waals surface area contributed by atoms with E-state index in [0.717, 1.165) is 0 Å². The molecule has 0 spiro atoms. The molecule has 0 fully saturated rings. The van der Waals surface area contributed by atoms with Crippen molar-refractivity contribution in [1.82, 2.24) is 9.13 Å². The quantitative estimate of drug-likeness (QED) is 0.164. The lowest BCUT2D eigenvalue weighted by Gasteiger charge is -2.41. The number of nitrogens with zero attached hydrogens (tertiary/aromatic N) is 3. The van der Waals surface area contributed by atoms with Gasteiger partial charge in [-0.15, -0.1) is 0 Å². The topological polar surface area (TPSA) is 13.1 Å². The van der Waals surface area contributed by atoms with Crippen LogP contribution in [0, 0.1) is 0 Å². The third-order valence-corrected chi connectivity index (χ3v) is 12.2. The van der Waals surface area contributed by atoms with E-state index in [4.69, 9.17) is 0 Å². The Hall–Kier alpha value is -6.00. The lowest BCUT2D eigenvalue weighted by molar-refractivity contribution is 0.590. The van der Waals surface area contributed by atoms with Crippen LogP contribution in [0.25, 0.3) is 55.0 Å². The van der Waals surface area contributed by atoms with E-state index in [-0.39, 0.29) is 17.5 Å².